The van der Waals surface area contributed by atoms with Gasteiger partial charge in [0, 0.05) is 16.3 Å². The Hall–Kier alpha value is -0.600. The number of nitrogens with one attached hydrogen (secondary N) is 2. The molecule has 3 nitrogen and oxygen atoms in total. The molecule has 0 aliphatic carbocycles. The third-order valence-corrected chi connectivity index (χ3v) is 4.30. The number of thiophene rings is 2. The van der Waals surface area contributed by atoms with Crippen LogP contribution in [0.2, 0.25) is 0 Å². The third-order valence-electron chi connectivity index (χ3n) is 2.57. The fraction of sp³-hybridized carbons (Fsp3) is 0.357. The van der Waals surface area contributed by atoms with Gasteiger partial charge in [0.1, 0.15) is 0 Å². The van der Waals surface area contributed by atoms with Crippen LogP contribution >= 0.6 is 46.7 Å². The van der Waals surface area contributed by atoms with E-state index in [2.05, 4.69) is 58.4 Å². The molecule has 0 aliphatic heterocycles. The molecule has 0 spiro atoms. The van der Waals surface area contributed by atoms with Crippen LogP contribution in [-0.2, 0) is 13.1 Å². The lowest BCUT2D eigenvalue weighted by Crippen LogP contribution is -2.36. The summed E-state index contributed by atoms with van der Waals surface area (Å²) < 4.78 is 0. The summed E-state index contributed by atoms with van der Waals surface area (Å²) in [5.41, 5.74) is 1.26. The van der Waals surface area contributed by atoms with Crippen molar-refractivity contribution in [1.29, 1.82) is 0 Å². The summed E-state index contributed by atoms with van der Waals surface area (Å²) in [4.78, 5) is 7.26. The molecule has 0 fully saturated rings. The maximum atomic E-state index is 4.58. The van der Waals surface area contributed by atoms with Crippen LogP contribution in [0.25, 0.3) is 0 Å². The lowest BCUT2D eigenvalue weighted by atomic mass is 10.3. The molecule has 0 aliphatic rings. The molecule has 6 heteroatoms. The van der Waals surface area contributed by atoms with Crippen molar-refractivity contribution < 1.29 is 0 Å². The van der Waals surface area contributed by atoms with E-state index in [0.29, 0.717) is 0 Å². The first kappa shape index (κ1) is 17.5. The zero-order valence-electron chi connectivity index (χ0n) is 11.7. The minimum absolute atomic E-state index is 0. The van der Waals surface area contributed by atoms with Crippen LogP contribution in [-0.4, -0.2) is 12.5 Å². The topological polar surface area (TPSA) is 36.4 Å². The molecule has 0 radical (unpaired) electrons. The molecule has 0 saturated carbocycles. The molecule has 2 aromatic heterocycles. The summed E-state index contributed by atoms with van der Waals surface area (Å²) in [5, 5.41) is 10.9. The minimum atomic E-state index is 0. The highest BCUT2D eigenvalue weighted by Crippen LogP contribution is 2.14. The van der Waals surface area contributed by atoms with E-state index in [4.69, 9.17) is 0 Å². The summed E-state index contributed by atoms with van der Waals surface area (Å²) >= 11 is 3.53. The van der Waals surface area contributed by atoms with Gasteiger partial charge in [-0.1, -0.05) is 0 Å². The van der Waals surface area contributed by atoms with Crippen molar-refractivity contribution >= 4 is 52.6 Å². The van der Waals surface area contributed by atoms with Gasteiger partial charge >= 0.3 is 0 Å². The van der Waals surface area contributed by atoms with Gasteiger partial charge in [-0.15, -0.1) is 35.3 Å². The van der Waals surface area contributed by atoms with Crippen molar-refractivity contribution in [2.75, 3.05) is 6.54 Å². The number of aryl methyl sites for hydroxylation is 1. The Labute approximate surface area is 145 Å². The van der Waals surface area contributed by atoms with Crippen molar-refractivity contribution in [1.82, 2.24) is 10.6 Å². The molecule has 110 valence electrons. The second-order valence-electron chi connectivity index (χ2n) is 4.19. The zero-order chi connectivity index (χ0) is 13.5. The Morgan fingerprint density at radius 1 is 1.25 bits per heavy atom. The van der Waals surface area contributed by atoms with E-state index in [1.54, 1.807) is 11.3 Å². The van der Waals surface area contributed by atoms with Gasteiger partial charge in [0.05, 0.1) is 13.1 Å². The third kappa shape index (κ3) is 5.80. The molecule has 0 unspecified atom stereocenters. The van der Waals surface area contributed by atoms with Gasteiger partial charge < -0.3 is 10.6 Å². The van der Waals surface area contributed by atoms with Crippen molar-refractivity contribution in [3.05, 3.63) is 44.3 Å². The van der Waals surface area contributed by atoms with Gasteiger partial charge in [0.2, 0.25) is 0 Å². The predicted octanol–water partition coefficient (Wildman–Crippen LogP) is 3.99. The highest BCUT2D eigenvalue weighted by Gasteiger charge is 2.00. The van der Waals surface area contributed by atoms with Crippen LogP contribution in [0.4, 0.5) is 0 Å². The lowest BCUT2D eigenvalue weighted by molar-refractivity contribution is 0.824. The van der Waals surface area contributed by atoms with E-state index in [-0.39, 0.29) is 24.0 Å². The maximum absolute atomic E-state index is 4.58. The van der Waals surface area contributed by atoms with Gasteiger partial charge in [-0.2, -0.15) is 11.3 Å². The molecule has 2 aromatic rings. The van der Waals surface area contributed by atoms with E-state index in [0.717, 1.165) is 25.6 Å². The van der Waals surface area contributed by atoms with Gasteiger partial charge in [-0.05, 0) is 48.4 Å². The first-order chi connectivity index (χ1) is 9.28. The van der Waals surface area contributed by atoms with Gasteiger partial charge in [-0.3, -0.25) is 0 Å². The quantitative estimate of drug-likeness (QED) is 0.435. The molecule has 0 amide bonds. The number of nitrogens with zero attached hydrogens (tertiary/aromatic N) is 1. The zero-order valence-corrected chi connectivity index (χ0v) is 15.6. The highest BCUT2D eigenvalue weighted by atomic mass is 127. The Morgan fingerprint density at radius 3 is 2.70 bits per heavy atom. The van der Waals surface area contributed by atoms with Crippen LogP contribution in [0.5, 0.6) is 0 Å². The van der Waals surface area contributed by atoms with E-state index in [1.807, 2.05) is 11.3 Å². The van der Waals surface area contributed by atoms with Crippen molar-refractivity contribution in [2.24, 2.45) is 4.99 Å². The van der Waals surface area contributed by atoms with Crippen LogP contribution in [0.1, 0.15) is 22.2 Å². The second-order valence-corrected chi connectivity index (χ2v) is 6.35. The Bertz CT molecular complexity index is 520. The van der Waals surface area contributed by atoms with E-state index in [1.165, 1.54) is 15.3 Å². The summed E-state index contributed by atoms with van der Waals surface area (Å²) in [7, 11) is 0. The fourth-order valence-electron chi connectivity index (χ4n) is 1.65. The van der Waals surface area contributed by atoms with Crippen LogP contribution in [0, 0.1) is 6.92 Å². The van der Waals surface area contributed by atoms with Crippen molar-refractivity contribution in [3.63, 3.8) is 0 Å². The first-order valence-electron chi connectivity index (χ1n) is 6.36. The molecule has 0 atom stereocenters. The molecule has 0 saturated heterocycles. The number of halogens is 1. The standard InChI is InChI=1S/C14H19N3S2.HI/c1-3-15-14(16-8-12-6-7-18-10-12)17-9-13-5-4-11(2)19-13;/h4-7,10H,3,8-9H2,1-2H3,(H2,15,16,17);1H. The number of rotatable bonds is 5. The van der Waals surface area contributed by atoms with Crippen LogP contribution in [0.3, 0.4) is 0 Å². The molecular formula is C14H20IN3S2. The first-order valence-corrected chi connectivity index (χ1v) is 8.12. The van der Waals surface area contributed by atoms with Gasteiger partial charge in [0.25, 0.3) is 0 Å². The van der Waals surface area contributed by atoms with Crippen LogP contribution in [0.15, 0.2) is 34.0 Å². The van der Waals surface area contributed by atoms with Gasteiger partial charge in [-0.25, -0.2) is 4.99 Å². The number of hydrogen-bond acceptors (Lipinski definition) is 3. The molecule has 2 N–H and O–H groups in total. The maximum Gasteiger partial charge on any atom is 0.191 e. The molecule has 2 rings (SSSR count). The lowest BCUT2D eigenvalue weighted by Gasteiger charge is -2.10. The van der Waals surface area contributed by atoms with E-state index in [9.17, 15) is 0 Å². The van der Waals surface area contributed by atoms with Crippen LogP contribution < -0.4 is 10.6 Å². The van der Waals surface area contributed by atoms with Gasteiger partial charge in [0.15, 0.2) is 5.96 Å². The predicted molar refractivity (Wildman–Crippen MR) is 100 cm³/mol. The SMILES string of the molecule is CCNC(=NCc1ccsc1)NCc1ccc(C)s1.I. The summed E-state index contributed by atoms with van der Waals surface area (Å²) in [5.74, 6) is 0.875. The number of guanidine groups is 1. The Kier molecular flexibility index (Phi) is 8.16. The number of aliphatic imine (C=N–C) groups is 1. The molecule has 0 aromatic carbocycles. The highest BCUT2D eigenvalue weighted by molar-refractivity contribution is 14.0. The molecule has 20 heavy (non-hydrogen) atoms. The second kappa shape index (κ2) is 9.36. The summed E-state index contributed by atoms with van der Waals surface area (Å²) in [6.45, 7) is 6.64. The Balaban J connectivity index is 0.00000200. The van der Waals surface area contributed by atoms with E-state index >= 15 is 0 Å². The summed E-state index contributed by atoms with van der Waals surface area (Å²) in [6.07, 6.45) is 0. The average molecular weight is 421 g/mol. The van der Waals surface area contributed by atoms with Crippen molar-refractivity contribution in [2.45, 2.75) is 26.9 Å². The average Bonchev–Trinajstić information content (AvgIpc) is 3.04. The smallest absolute Gasteiger partial charge is 0.191 e. The molecular weight excluding hydrogens is 401 g/mol. The monoisotopic (exact) mass is 421 g/mol. The van der Waals surface area contributed by atoms with E-state index < -0.39 is 0 Å². The summed E-state index contributed by atoms with van der Waals surface area (Å²) in [6, 6.07) is 6.42. The minimum Gasteiger partial charge on any atom is -0.357 e. The largest absolute Gasteiger partial charge is 0.357 e. The normalized spacial score (nSPS) is 11.0. The Morgan fingerprint density at radius 2 is 2.10 bits per heavy atom. The van der Waals surface area contributed by atoms with Crippen molar-refractivity contribution in [3.8, 4) is 0 Å². The molecule has 0 bridgehead atoms. The number of hydrogen-bond donors (Lipinski definition) is 2. The molecule has 2 heterocycles. The fourth-order valence-corrected chi connectivity index (χ4v) is 3.14.